The predicted octanol–water partition coefficient (Wildman–Crippen LogP) is 2.55. The summed E-state index contributed by atoms with van der Waals surface area (Å²) in [6.07, 6.45) is 9.15. The lowest BCUT2D eigenvalue weighted by Crippen LogP contribution is -1.97. The van der Waals surface area contributed by atoms with Gasteiger partial charge in [-0.1, -0.05) is 29.8 Å². The molecule has 1 heterocycles. The van der Waals surface area contributed by atoms with E-state index in [1.54, 1.807) is 24.7 Å². The first-order valence-electron chi connectivity index (χ1n) is 5.32. The second kappa shape index (κ2) is 8.37. The van der Waals surface area contributed by atoms with E-state index >= 15 is 0 Å². The summed E-state index contributed by atoms with van der Waals surface area (Å²) >= 11 is 5.87. The van der Waals surface area contributed by atoms with E-state index in [9.17, 15) is 4.79 Å². The summed E-state index contributed by atoms with van der Waals surface area (Å²) in [5.41, 5.74) is 0.980. The quantitative estimate of drug-likeness (QED) is 0.940. The number of nitrogens with zero attached hydrogens (tertiary/aromatic N) is 2. The van der Waals surface area contributed by atoms with Gasteiger partial charge in [-0.25, -0.2) is 9.78 Å². The molecule has 0 fully saturated rings. The Bertz CT molecular complexity index is 583. The highest BCUT2D eigenvalue weighted by molar-refractivity contribution is 6.33. The molecule has 0 saturated carbocycles. The zero-order valence-corrected chi connectivity index (χ0v) is 11.9. The van der Waals surface area contributed by atoms with Crippen LogP contribution in [0, 0.1) is 0 Å². The number of imidazole rings is 1. The Morgan fingerprint density at radius 1 is 1.45 bits per heavy atom. The monoisotopic (exact) mass is 316 g/mol. The molecular formula is C13H14Cl2N2O3. The standard InChI is InChI=1S/C13H11ClN2O2.ClH.H2O/c14-12-8-10(3-4-11(12)13(17)18)2-1-6-16-7-5-15-9-16;;/h1-5,7-9H,6H2,(H,17,18);1H;1H2/b2-1+;;. The van der Waals surface area contributed by atoms with Crippen molar-refractivity contribution >= 4 is 36.1 Å². The molecule has 0 unspecified atom stereocenters. The van der Waals surface area contributed by atoms with Crippen LogP contribution in [-0.4, -0.2) is 26.1 Å². The third-order valence-electron chi connectivity index (χ3n) is 2.41. The first-order chi connectivity index (χ1) is 8.66. The fourth-order valence-electron chi connectivity index (χ4n) is 1.51. The molecule has 7 heteroatoms. The molecule has 0 aliphatic heterocycles. The molecule has 0 spiro atoms. The summed E-state index contributed by atoms with van der Waals surface area (Å²) in [5, 5.41) is 9.09. The average molecular weight is 317 g/mol. The summed E-state index contributed by atoms with van der Waals surface area (Å²) < 4.78 is 1.92. The summed E-state index contributed by atoms with van der Waals surface area (Å²) in [5.74, 6) is -1.02. The molecule has 1 aromatic heterocycles. The van der Waals surface area contributed by atoms with Crippen molar-refractivity contribution in [3.63, 3.8) is 0 Å². The summed E-state index contributed by atoms with van der Waals surface area (Å²) in [6.45, 7) is 0.707. The van der Waals surface area contributed by atoms with E-state index < -0.39 is 5.97 Å². The van der Waals surface area contributed by atoms with Crippen molar-refractivity contribution in [1.29, 1.82) is 0 Å². The second-order valence-electron chi connectivity index (χ2n) is 3.71. The number of hydrogen-bond donors (Lipinski definition) is 1. The molecular weight excluding hydrogens is 303 g/mol. The van der Waals surface area contributed by atoms with E-state index in [0.717, 1.165) is 5.56 Å². The van der Waals surface area contributed by atoms with E-state index in [0.29, 0.717) is 6.54 Å². The third kappa shape index (κ3) is 4.70. The summed E-state index contributed by atoms with van der Waals surface area (Å²) in [7, 11) is 0. The van der Waals surface area contributed by atoms with Crippen LogP contribution in [0.1, 0.15) is 15.9 Å². The number of allylic oxidation sites excluding steroid dienone is 1. The van der Waals surface area contributed by atoms with Crippen LogP contribution in [0.3, 0.4) is 0 Å². The second-order valence-corrected chi connectivity index (χ2v) is 4.11. The molecule has 0 bridgehead atoms. The van der Waals surface area contributed by atoms with Gasteiger partial charge in [0, 0.05) is 18.9 Å². The highest BCUT2D eigenvalue weighted by atomic mass is 35.5. The zero-order chi connectivity index (χ0) is 13.0. The summed E-state index contributed by atoms with van der Waals surface area (Å²) in [6, 6.07) is 4.86. The lowest BCUT2D eigenvalue weighted by atomic mass is 10.1. The largest absolute Gasteiger partial charge is 0.478 e. The van der Waals surface area contributed by atoms with Crippen LogP contribution in [0.2, 0.25) is 5.02 Å². The van der Waals surface area contributed by atoms with Crippen LogP contribution >= 0.6 is 24.0 Å². The number of rotatable bonds is 4. The highest BCUT2D eigenvalue weighted by Crippen LogP contribution is 2.18. The topological polar surface area (TPSA) is 86.6 Å². The van der Waals surface area contributed by atoms with Crippen LogP contribution in [0.5, 0.6) is 0 Å². The molecule has 108 valence electrons. The van der Waals surface area contributed by atoms with Crippen molar-refractivity contribution in [2.24, 2.45) is 0 Å². The van der Waals surface area contributed by atoms with E-state index in [2.05, 4.69) is 4.98 Å². The van der Waals surface area contributed by atoms with Crippen molar-refractivity contribution in [2.75, 3.05) is 0 Å². The van der Waals surface area contributed by atoms with Gasteiger partial charge < -0.3 is 15.1 Å². The van der Waals surface area contributed by atoms with E-state index in [1.165, 1.54) is 6.07 Å². The van der Waals surface area contributed by atoms with Crippen LogP contribution in [0.15, 0.2) is 43.0 Å². The average Bonchev–Trinajstić information content (AvgIpc) is 2.81. The van der Waals surface area contributed by atoms with Crippen molar-refractivity contribution in [2.45, 2.75) is 6.54 Å². The number of carboxylic acids is 1. The highest BCUT2D eigenvalue weighted by Gasteiger charge is 2.07. The van der Waals surface area contributed by atoms with Gasteiger partial charge in [0.15, 0.2) is 0 Å². The van der Waals surface area contributed by atoms with Gasteiger partial charge in [-0.3, -0.25) is 0 Å². The van der Waals surface area contributed by atoms with Gasteiger partial charge in [-0.05, 0) is 17.7 Å². The zero-order valence-electron chi connectivity index (χ0n) is 10.4. The molecule has 1 aromatic carbocycles. The van der Waals surface area contributed by atoms with Crippen LogP contribution in [0.4, 0.5) is 0 Å². The number of benzene rings is 1. The van der Waals surface area contributed by atoms with Crippen molar-refractivity contribution < 1.29 is 15.4 Å². The number of aromatic nitrogens is 2. The van der Waals surface area contributed by atoms with Gasteiger partial charge in [0.2, 0.25) is 0 Å². The van der Waals surface area contributed by atoms with Gasteiger partial charge in [0.25, 0.3) is 0 Å². The number of carboxylic acid groups (broad SMARTS) is 1. The molecule has 0 atom stereocenters. The maximum atomic E-state index is 10.8. The molecule has 20 heavy (non-hydrogen) atoms. The molecule has 0 aliphatic carbocycles. The van der Waals surface area contributed by atoms with Gasteiger partial charge in [-0.15, -0.1) is 12.4 Å². The molecule has 0 radical (unpaired) electrons. The molecule has 2 aromatic rings. The minimum atomic E-state index is -1.02. The van der Waals surface area contributed by atoms with Crippen LogP contribution < -0.4 is 0 Å². The molecule has 0 aliphatic rings. The van der Waals surface area contributed by atoms with Crippen molar-refractivity contribution in [3.05, 3.63) is 59.1 Å². The number of aromatic carboxylic acids is 1. The lowest BCUT2D eigenvalue weighted by Gasteiger charge is -2.00. The SMILES string of the molecule is Cl.O.O=C(O)c1ccc(/C=C/Cn2ccnc2)cc1Cl. The maximum Gasteiger partial charge on any atom is 0.337 e. The Hall–Kier alpha value is -1.82. The van der Waals surface area contributed by atoms with Gasteiger partial charge in [0.1, 0.15) is 0 Å². The van der Waals surface area contributed by atoms with Gasteiger partial charge >= 0.3 is 5.97 Å². The van der Waals surface area contributed by atoms with Gasteiger partial charge in [0.05, 0.1) is 16.9 Å². The normalized spacial score (nSPS) is 9.85. The Labute approximate surface area is 127 Å². The van der Waals surface area contributed by atoms with E-state index in [1.807, 2.05) is 22.9 Å². The minimum Gasteiger partial charge on any atom is -0.478 e. The smallest absolute Gasteiger partial charge is 0.337 e. The molecule has 0 amide bonds. The first-order valence-corrected chi connectivity index (χ1v) is 5.70. The first kappa shape index (κ1) is 18.2. The summed E-state index contributed by atoms with van der Waals surface area (Å²) in [4.78, 5) is 14.7. The molecule has 2 rings (SSSR count). The van der Waals surface area contributed by atoms with E-state index in [-0.39, 0.29) is 28.5 Å². The Balaban J connectivity index is 0.00000180. The van der Waals surface area contributed by atoms with Crippen molar-refractivity contribution in [1.82, 2.24) is 9.55 Å². The molecule has 0 saturated heterocycles. The number of halogens is 2. The Morgan fingerprint density at radius 2 is 2.20 bits per heavy atom. The third-order valence-corrected chi connectivity index (χ3v) is 2.72. The van der Waals surface area contributed by atoms with Gasteiger partial charge in [-0.2, -0.15) is 0 Å². The Kier molecular flexibility index (Phi) is 7.61. The minimum absolute atomic E-state index is 0. The van der Waals surface area contributed by atoms with E-state index in [4.69, 9.17) is 16.7 Å². The van der Waals surface area contributed by atoms with Crippen LogP contribution in [-0.2, 0) is 6.54 Å². The molecule has 3 N–H and O–H groups in total. The number of hydrogen-bond acceptors (Lipinski definition) is 2. The Morgan fingerprint density at radius 3 is 2.75 bits per heavy atom. The maximum absolute atomic E-state index is 10.8. The lowest BCUT2D eigenvalue weighted by molar-refractivity contribution is 0.0697. The fourth-order valence-corrected chi connectivity index (χ4v) is 1.78. The predicted molar refractivity (Wildman–Crippen MR) is 80.5 cm³/mol. The van der Waals surface area contributed by atoms with Crippen LogP contribution in [0.25, 0.3) is 6.08 Å². The van der Waals surface area contributed by atoms with Crippen molar-refractivity contribution in [3.8, 4) is 0 Å². The fraction of sp³-hybridized carbons (Fsp3) is 0.0769. The molecule has 5 nitrogen and oxygen atoms in total. The number of carbonyl (C=O) groups is 1.